The summed E-state index contributed by atoms with van der Waals surface area (Å²) in [6, 6.07) is 3.38. The van der Waals surface area contributed by atoms with Crippen molar-refractivity contribution in [3.05, 3.63) is 65.0 Å². The molecule has 0 atom stereocenters. The molecule has 0 unspecified atom stereocenters. The second kappa shape index (κ2) is 6.34. The molecular weight excluding hydrogens is 335 g/mol. The van der Waals surface area contributed by atoms with E-state index in [-0.39, 0.29) is 5.69 Å². The van der Waals surface area contributed by atoms with Crippen molar-refractivity contribution in [3.8, 4) is 5.95 Å². The Morgan fingerprint density at radius 2 is 1.76 bits per heavy atom. The molecule has 3 aromatic rings. The average molecular weight is 347 g/mol. The number of anilines is 1. The van der Waals surface area contributed by atoms with Crippen LogP contribution in [0.2, 0.25) is 0 Å². The lowest BCUT2D eigenvalue weighted by Crippen LogP contribution is -2.16. The minimum atomic E-state index is -1.70. The van der Waals surface area contributed by atoms with E-state index in [0.717, 1.165) is 17.5 Å². The summed E-state index contributed by atoms with van der Waals surface area (Å²) in [5, 5.41) is 6.55. The van der Waals surface area contributed by atoms with Crippen molar-refractivity contribution in [2.75, 3.05) is 5.32 Å². The van der Waals surface area contributed by atoms with Gasteiger partial charge in [0.15, 0.2) is 17.5 Å². The molecule has 1 aromatic carbocycles. The van der Waals surface area contributed by atoms with E-state index >= 15 is 0 Å². The van der Waals surface area contributed by atoms with Crippen LogP contribution in [0.15, 0.2) is 30.6 Å². The lowest BCUT2D eigenvalue weighted by atomic mass is 10.2. The summed E-state index contributed by atoms with van der Waals surface area (Å²) < 4.78 is 41.3. The fraction of sp³-hybridized carbons (Fsp3) is 0.125. The Labute approximate surface area is 140 Å². The zero-order valence-electron chi connectivity index (χ0n) is 13.2. The molecule has 3 rings (SSSR count). The molecule has 0 aliphatic carbocycles. The molecule has 2 aromatic heterocycles. The van der Waals surface area contributed by atoms with Crippen LogP contribution in [0.25, 0.3) is 5.95 Å². The Morgan fingerprint density at radius 1 is 1.08 bits per heavy atom. The van der Waals surface area contributed by atoms with Gasteiger partial charge < -0.3 is 5.32 Å². The summed E-state index contributed by atoms with van der Waals surface area (Å²) in [6.45, 7) is 3.67. The van der Waals surface area contributed by atoms with Crippen molar-refractivity contribution >= 4 is 11.6 Å². The van der Waals surface area contributed by atoms with Crippen LogP contribution < -0.4 is 5.32 Å². The van der Waals surface area contributed by atoms with Crippen molar-refractivity contribution in [2.24, 2.45) is 0 Å². The number of benzene rings is 1. The van der Waals surface area contributed by atoms with Crippen molar-refractivity contribution in [2.45, 2.75) is 13.8 Å². The lowest BCUT2D eigenvalue weighted by molar-refractivity contribution is 0.102. The van der Waals surface area contributed by atoms with Gasteiger partial charge >= 0.3 is 0 Å². The minimum Gasteiger partial charge on any atom is -0.319 e. The van der Waals surface area contributed by atoms with E-state index < -0.39 is 28.9 Å². The first-order valence-electron chi connectivity index (χ1n) is 7.17. The molecule has 0 aliphatic heterocycles. The van der Waals surface area contributed by atoms with Crippen LogP contribution in [0.5, 0.6) is 0 Å². The molecule has 0 saturated heterocycles. The molecular formula is C16H12F3N5O. The van der Waals surface area contributed by atoms with E-state index in [0.29, 0.717) is 12.0 Å². The van der Waals surface area contributed by atoms with Gasteiger partial charge in [-0.1, -0.05) is 0 Å². The number of carbonyl (C=O) groups excluding carboxylic acids is 1. The summed E-state index contributed by atoms with van der Waals surface area (Å²) in [6.07, 6.45) is 2.60. The highest BCUT2D eigenvalue weighted by Gasteiger charge is 2.19. The SMILES string of the molecule is Cc1cc(C)n(-c2ncc(NC(=O)c3ccc(F)c(F)c3F)cn2)n1. The van der Waals surface area contributed by atoms with E-state index in [4.69, 9.17) is 0 Å². The van der Waals surface area contributed by atoms with E-state index in [1.807, 2.05) is 19.9 Å². The number of rotatable bonds is 3. The Hall–Kier alpha value is -3.23. The van der Waals surface area contributed by atoms with Crippen LogP contribution in [0.3, 0.4) is 0 Å². The van der Waals surface area contributed by atoms with Gasteiger partial charge in [0.1, 0.15) is 0 Å². The zero-order valence-corrected chi connectivity index (χ0v) is 13.2. The normalized spacial score (nSPS) is 10.8. The van der Waals surface area contributed by atoms with Crippen LogP contribution in [0, 0.1) is 31.3 Å². The first kappa shape index (κ1) is 16.6. The smallest absolute Gasteiger partial charge is 0.258 e. The summed E-state index contributed by atoms with van der Waals surface area (Å²) in [5.41, 5.74) is 1.17. The maximum atomic E-state index is 13.6. The van der Waals surface area contributed by atoms with Crippen molar-refractivity contribution in [1.29, 1.82) is 0 Å². The number of aromatic nitrogens is 4. The number of hydrogen-bond donors (Lipinski definition) is 1. The molecule has 1 amide bonds. The summed E-state index contributed by atoms with van der Waals surface area (Å²) in [5.74, 6) is -5.28. The van der Waals surface area contributed by atoms with Crippen LogP contribution in [-0.4, -0.2) is 25.7 Å². The van der Waals surface area contributed by atoms with Gasteiger partial charge in [-0.2, -0.15) is 5.10 Å². The first-order valence-corrected chi connectivity index (χ1v) is 7.17. The summed E-state index contributed by atoms with van der Waals surface area (Å²) in [4.78, 5) is 20.1. The minimum absolute atomic E-state index is 0.166. The third-order valence-corrected chi connectivity index (χ3v) is 3.37. The molecule has 25 heavy (non-hydrogen) atoms. The van der Waals surface area contributed by atoms with E-state index in [9.17, 15) is 18.0 Å². The Balaban J connectivity index is 1.81. The number of amides is 1. The molecule has 0 radical (unpaired) electrons. The van der Waals surface area contributed by atoms with Crippen LogP contribution in [0.1, 0.15) is 21.7 Å². The van der Waals surface area contributed by atoms with Gasteiger partial charge in [0, 0.05) is 5.69 Å². The maximum Gasteiger partial charge on any atom is 0.258 e. The molecule has 0 saturated carbocycles. The predicted octanol–water partition coefficient (Wildman–Crippen LogP) is 2.95. The fourth-order valence-corrected chi connectivity index (χ4v) is 2.23. The Kier molecular flexibility index (Phi) is 4.22. The van der Waals surface area contributed by atoms with Gasteiger partial charge in [-0.25, -0.2) is 27.8 Å². The van der Waals surface area contributed by atoms with Gasteiger partial charge in [-0.3, -0.25) is 4.79 Å². The summed E-state index contributed by atoms with van der Waals surface area (Å²) >= 11 is 0. The van der Waals surface area contributed by atoms with E-state index in [1.165, 1.54) is 17.1 Å². The van der Waals surface area contributed by atoms with Crippen LogP contribution in [0.4, 0.5) is 18.9 Å². The Bertz CT molecular complexity index is 953. The summed E-state index contributed by atoms with van der Waals surface area (Å²) in [7, 11) is 0. The largest absolute Gasteiger partial charge is 0.319 e. The monoisotopic (exact) mass is 347 g/mol. The number of hydrogen-bond acceptors (Lipinski definition) is 4. The number of carbonyl (C=O) groups is 1. The van der Waals surface area contributed by atoms with Gasteiger partial charge in [-0.15, -0.1) is 0 Å². The number of halogens is 3. The zero-order chi connectivity index (χ0) is 18.1. The Morgan fingerprint density at radius 3 is 2.36 bits per heavy atom. The lowest BCUT2D eigenvalue weighted by Gasteiger charge is -2.07. The second-order valence-electron chi connectivity index (χ2n) is 5.29. The molecule has 2 heterocycles. The topological polar surface area (TPSA) is 72.7 Å². The highest BCUT2D eigenvalue weighted by molar-refractivity contribution is 6.04. The number of aryl methyl sites for hydroxylation is 2. The molecule has 0 bridgehead atoms. The fourth-order valence-electron chi connectivity index (χ4n) is 2.23. The van der Waals surface area contributed by atoms with E-state index in [1.54, 1.807) is 0 Å². The van der Waals surface area contributed by atoms with Crippen molar-refractivity contribution in [1.82, 2.24) is 19.7 Å². The maximum absolute atomic E-state index is 13.6. The number of nitrogens with zero attached hydrogens (tertiary/aromatic N) is 4. The van der Waals surface area contributed by atoms with Crippen LogP contribution in [-0.2, 0) is 0 Å². The quantitative estimate of drug-likeness (QED) is 0.740. The average Bonchev–Trinajstić information content (AvgIpc) is 2.92. The third-order valence-electron chi connectivity index (χ3n) is 3.37. The number of nitrogens with one attached hydrogen (secondary N) is 1. The standard InChI is InChI=1S/C16H12F3N5O/c1-8-5-9(2)24(23-8)16-20-6-10(7-21-16)22-15(25)11-3-4-12(17)14(19)13(11)18/h3-7H,1-2H3,(H,22,25). The van der Waals surface area contributed by atoms with Gasteiger partial charge in [0.05, 0.1) is 29.3 Å². The third kappa shape index (κ3) is 3.21. The van der Waals surface area contributed by atoms with Crippen molar-refractivity contribution < 1.29 is 18.0 Å². The van der Waals surface area contributed by atoms with E-state index in [2.05, 4.69) is 20.4 Å². The second-order valence-corrected chi connectivity index (χ2v) is 5.29. The molecule has 0 fully saturated rings. The molecule has 128 valence electrons. The predicted molar refractivity (Wildman–Crippen MR) is 82.9 cm³/mol. The van der Waals surface area contributed by atoms with Gasteiger partial charge in [-0.05, 0) is 32.0 Å². The first-order chi connectivity index (χ1) is 11.9. The van der Waals surface area contributed by atoms with Gasteiger partial charge in [0.25, 0.3) is 11.9 Å². The van der Waals surface area contributed by atoms with Crippen LogP contribution >= 0.6 is 0 Å². The molecule has 0 aliphatic rings. The molecule has 0 spiro atoms. The highest BCUT2D eigenvalue weighted by Crippen LogP contribution is 2.17. The molecule has 9 heteroatoms. The molecule has 1 N–H and O–H groups in total. The van der Waals surface area contributed by atoms with Crippen molar-refractivity contribution in [3.63, 3.8) is 0 Å². The van der Waals surface area contributed by atoms with Gasteiger partial charge in [0.2, 0.25) is 0 Å². The molecule has 6 nitrogen and oxygen atoms in total. The highest BCUT2D eigenvalue weighted by atomic mass is 19.2.